The summed E-state index contributed by atoms with van der Waals surface area (Å²) >= 11 is 0. The molecule has 2 aliphatic rings. The number of likely N-dealkylation sites (tertiary alicyclic amines) is 1. The third-order valence-electron chi connectivity index (χ3n) is 5.02. The molecule has 5 nitrogen and oxygen atoms in total. The highest BCUT2D eigenvalue weighted by atomic mass is 16.6. The maximum absolute atomic E-state index is 12.8. The average molecular weight is 365 g/mol. The third-order valence-corrected chi connectivity index (χ3v) is 5.02. The molecule has 1 fully saturated rings. The molecule has 0 radical (unpaired) electrons. The maximum atomic E-state index is 12.8. The van der Waals surface area contributed by atoms with Gasteiger partial charge < -0.3 is 19.1 Å². The summed E-state index contributed by atoms with van der Waals surface area (Å²) in [6.07, 6.45) is 5.46. The summed E-state index contributed by atoms with van der Waals surface area (Å²) in [5, 5.41) is 0. The fraction of sp³-hybridized carbons (Fsp3) is 0.318. The maximum Gasteiger partial charge on any atom is 0.247 e. The first-order chi connectivity index (χ1) is 13.2. The van der Waals surface area contributed by atoms with Crippen molar-refractivity contribution in [2.24, 2.45) is 0 Å². The number of amides is 1. The Hall–Kier alpha value is -2.95. The van der Waals surface area contributed by atoms with Gasteiger partial charge >= 0.3 is 0 Å². The lowest BCUT2D eigenvalue weighted by Crippen LogP contribution is -2.29. The van der Waals surface area contributed by atoms with Gasteiger partial charge in [0.05, 0.1) is 13.2 Å². The molecule has 1 atom stereocenters. The van der Waals surface area contributed by atoms with Crippen LogP contribution in [0.5, 0.6) is 17.2 Å². The highest BCUT2D eigenvalue weighted by molar-refractivity contribution is 5.92. The third kappa shape index (κ3) is 3.77. The van der Waals surface area contributed by atoms with Gasteiger partial charge in [0.2, 0.25) is 5.91 Å². The van der Waals surface area contributed by atoms with Gasteiger partial charge in [0.1, 0.15) is 19.0 Å². The van der Waals surface area contributed by atoms with Gasteiger partial charge in [-0.1, -0.05) is 18.2 Å². The van der Waals surface area contributed by atoms with Crippen molar-refractivity contribution in [3.8, 4) is 17.2 Å². The van der Waals surface area contributed by atoms with Gasteiger partial charge in [-0.15, -0.1) is 0 Å². The summed E-state index contributed by atoms with van der Waals surface area (Å²) < 4.78 is 16.4. The first-order valence-corrected chi connectivity index (χ1v) is 9.27. The summed E-state index contributed by atoms with van der Waals surface area (Å²) in [4.78, 5) is 14.7. The van der Waals surface area contributed by atoms with E-state index in [9.17, 15) is 4.79 Å². The molecule has 0 aliphatic carbocycles. The quantitative estimate of drug-likeness (QED) is 0.773. The van der Waals surface area contributed by atoms with Crippen LogP contribution in [0.15, 0.2) is 48.5 Å². The smallest absolute Gasteiger partial charge is 0.247 e. The van der Waals surface area contributed by atoms with E-state index < -0.39 is 0 Å². The molecule has 0 aromatic heterocycles. The molecule has 2 heterocycles. The molecule has 2 aromatic rings. The van der Waals surface area contributed by atoms with Crippen molar-refractivity contribution < 1.29 is 19.0 Å². The highest BCUT2D eigenvalue weighted by Crippen LogP contribution is 2.38. The van der Waals surface area contributed by atoms with Crippen LogP contribution in [0.1, 0.15) is 30.0 Å². The molecule has 0 saturated carbocycles. The Morgan fingerprint density at radius 3 is 2.67 bits per heavy atom. The number of rotatable bonds is 4. The Labute approximate surface area is 159 Å². The minimum absolute atomic E-state index is 0.0307. The number of hydrogen-bond donors (Lipinski definition) is 0. The Morgan fingerprint density at radius 2 is 1.89 bits per heavy atom. The number of methoxy groups -OCH3 is 1. The molecule has 4 rings (SSSR count). The Balaban J connectivity index is 1.48. The van der Waals surface area contributed by atoms with E-state index in [2.05, 4.69) is 0 Å². The lowest BCUT2D eigenvalue weighted by atomic mass is 10.0. The van der Waals surface area contributed by atoms with Gasteiger partial charge in [-0.3, -0.25) is 4.79 Å². The summed E-state index contributed by atoms with van der Waals surface area (Å²) in [6, 6.07) is 13.7. The van der Waals surface area contributed by atoms with E-state index in [4.69, 9.17) is 14.2 Å². The Bertz CT molecular complexity index is 844. The van der Waals surface area contributed by atoms with Gasteiger partial charge in [-0.05, 0) is 54.3 Å². The highest BCUT2D eigenvalue weighted by Gasteiger charge is 2.29. The normalized spacial score (nSPS) is 18.7. The minimum Gasteiger partial charge on any atom is -0.497 e. The SMILES string of the molecule is COc1ccc(/C=C/C(=O)N2CCCC2c2ccc3c(c2)OCCO3)cc1. The van der Waals surface area contributed by atoms with Crippen LogP contribution in [0, 0.1) is 0 Å². The van der Waals surface area contributed by atoms with Crippen LogP contribution in [0.2, 0.25) is 0 Å². The fourth-order valence-corrected chi connectivity index (χ4v) is 3.62. The number of nitrogens with zero attached hydrogens (tertiary/aromatic N) is 1. The first kappa shape index (κ1) is 17.5. The van der Waals surface area contributed by atoms with Crippen LogP contribution in [0.25, 0.3) is 6.08 Å². The number of fused-ring (bicyclic) bond motifs is 1. The monoisotopic (exact) mass is 365 g/mol. The zero-order valence-electron chi connectivity index (χ0n) is 15.4. The molecule has 140 valence electrons. The number of carbonyl (C=O) groups is 1. The number of benzene rings is 2. The molecule has 2 aromatic carbocycles. The van der Waals surface area contributed by atoms with Crippen LogP contribution in [-0.2, 0) is 4.79 Å². The van der Waals surface area contributed by atoms with Gasteiger partial charge in [-0.2, -0.15) is 0 Å². The van der Waals surface area contributed by atoms with E-state index in [1.807, 2.05) is 53.4 Å². The largest absolute Gasteiger partial charge is 0.497 e. The van der Waals surface area contributed by atoms with E-state index in [0.29, 0.717) is 13.2 Å². The number of ether oxygens (including phenoxy) is 3. The van der Waals surface area contributed by atoms with Crippen molar-refractivity contribution >= 4 is 12.0 Å². The topological polar surface area (TPSA) is 48.0 Å². The van der Waals surface area contributed by atoms with Gasteiger partial charge in [0.15, 0.2) is 11.5 Å². The zero-order chi connectivity index (χ0) is 18.6. The van der Waals surface area contributed by atoms with Crippen molar-refractivity contribution in [3.63, 3.8) is 0 Å². The fourth-order valence-electron chi connectivity index (χ4n) is 3.62. The van der Waals surface area contributed by atoms with Crippen molar-refractivity contribution in [2.75, 3.05) is 26.9 Å². The van der Waals surface area contributed by atoms with Crippen LogP contribution >= 0.6 is 0 Å². The standard InChI is InChI=1S/C22H23NO4/c1-25-18-8-4-16(5-9-18)6-11-22(24)23-12-2-3-19(23)17-7-10-20-21(15-17)27-14-13-26-20/h4-11,15,19H,2-3,12-14H2,1H3/b11-6+. The van der Waals surface area contributed by atoms with Crippen molar-refractivity contribution in [1.29, 1.82) is 0 Å². The van der Waals surface area contributed by atoms with Crippen molar-refractivity contribution in [3.05, 3.63) is 59.7 Å². The predicted octanol–water partition coefficient (Wildman–Crippen LogP) is 3.84. The van der Waals surface area contributed by atoms with Crippen LogP contribution in [0.3, 0.4) is 0 Å². The lowest BCUT2D eigenvalue weighted by molar-refractivity contribution is -0.126. The van der Waals surface area contributed by atoms with E-state index in [1.165, 1.54) is 0 Å². The van der Waals surface area contributed by atoms with Gasteiger partial charge in [0.25, 0.3) is 0 Å². The summed E-state index contributed by atoms with van der Waals surface area (Å²) in [6.45, 7) is 1.91. The Morgan fingerprint density at radius 1 is 1.11 bits per heavy atom. The molecule has 5 heteroatoms. The predicted molar refractivity (Wildman–Crippen MR) is 103 cm³/mol. The molecule has 1 saturated heterocycles. The summed E-state index contributed by atoms with van der Waals surface area (Å²) in [5.74, 6) is 2.38. The second kappa shape index (κ2) is 7.74. The number of hydrogen-bond acceptors (Lipinski definition) is 4. The molecule has 1 unspecified atom stereocenters. The van der Waals surface area contributed by atoms with Crippen molar-refractivity contribution in [2.45, 2.75) is 18.9 Å². The van der Waals surface area contributed by atoms with Crippen LogP contribution in [0.4, 0.5) is 0 Å². The molecule has 0 spiro atoms. The van der Waals surface area contributed by atoms with E-state index in [-0.39, 0.29) is 11.9 Å². The minimum atomic E-state index is 0.0307. The van der Waals surface area contributed by atoms with Crippen molar-refractivity contribution in [1.82, 2.24) is 4.90 Å². The average Bonchev–Trinajstić information content (AvgIpc) is 3.22. The van der Waals surface area contributed by atoms with E-state index in [0.717, 1.165) is 47.8 Å². The van der Waals surface area contributed by atoms with E-state index >= 15 is 0 Å². The molecule has 0 bridgehead atoms. The van der Waals surface area contributed by atoms with Crippen LogP contribution < -0.4 is 14.2 Å². The van der Waals surface area contributed by atoms with Gasteiger partial charge in [0, 0.05) is 12.6 Å². The van der Waals surface area contributed by atoms with E-state index in [1.54, 1.807) is 13.2 Å². The second-order valence-electron chi connectivity index (χ2n) is 6.70. The molecule has 27 heavy (non-hydrogen) atoms. The Kier molecular flexibility index (Phi) is 5.01. The molecule has 0 N–H and O–H groups in total. The molecule has 1 amide bonds. The lowest BCUT2D eigenvalue weighted by Gasteiger charge is -2.26. The van der Waals surface area contributed by atoms with Crippen LogP contribution in [-0.4, -0.2) is 37.7 Å². The molecular weight excluding hydrogens is 342 g/mol. The summed E-state index contributed by atoms with van der Waals surface area (Å²) in [7, 11) is 1.64. The molecule has 2 aliphatic heterocycles. The summed E-state index contributed by atoms with van der Waals surface area (Å²) in [5.41, 5.74) is 2.07. The first-order valence-electron chi connectivity index (χ1n) is 9.27. The second-order valence-corrected chi connectivity index (χ2v) is 6.70. The number of carbonyl (C=O) groups excluding carboxylic acids is 1. The van der Waals surface area contributed by atoms with Gasteiger partial charge in [-0.25, -0.2) is 0 Å². The zero-order valence-corrected chi connectivity index (χ0v) is 15.4. The molecular formula is C22H23NO4.